The first kappa shape index (κ1) is 30.6. The van der Waals surface area contributed by atoms with Gasteiger partial charge in [-0.05, 0) is 68.0 Å². The van der Waals surface area contributed by atoms with Gasteiger partial charge in [-0.15, -0.1) is 0 Å². The van der Waals surface area contributed by atoms with Gasteiger partial charge in [0.25, 0.3) is 0 Å². The normalized spacial score (nSPS) is 12.2. The Bertz CT molecular complexity index is 1170. The van der Waals surface area contributed by atoms with Gasteiger partial charge >= 0.3 is 0 Å². The summed E-state index contributed by atoms with van der Waals surface area (Å²) in [5, 5.41) is 3.47. The fourth-order valence-electron chi connectivity index (χ4n) is 4.12. The van der Waals surface area contributed by atoms with Gasteiger partial charge in [-0.1, -0.05) is 56.1 Å². The Balaban J connectivity index is 2.22. The quantitative estimate of drug-likeness (QED) is 0.327. The predicted octanol–water partition coefficient (Wildman–Crippen LogP) is 5.23. The number of aryl methyl sites for hydroxylation is 2. The van der Waals surface area contributed by atoms with Crippen molar-refractivity contribution in [3.63, 3.8) is 0 Å². The molecule has 0 aliphatic heterocycles. The molecule has 2 rings (SSSR count). The summed E-state index contributed by atoms with van der Waals surface area (Å²) in [4.78, 5) is 28.1. The van der Waals surface area contributed by atoms with Gasteiger partial charge < -0.3 is 10.2 Å². The lowest BCUT2D eigenvalue weighted by atomic mass is 10.1. The van der Waals surface area contributed by atoms with Crippen LogP contribution in [-0.2, 0) is 26.2 Å². The maximum Gasteiger partial charge on any atom is 0.242 e. The molecule has 0 radical (unpaired) electrons. The van der Waals surface area contributed by atoms with Crippen molar-refractivity contribution < 1.29 is 18.0 Å². The first-order valence-corrected chi connectivity index (χ1v) is 15.1. The summed E-state index contributed by atoms with van der Waals surface area (Å²) in [6.45, 7) is 8.75. The molecule has 2 aromatic carbocycles. The smallest absolute Gasteiger partial charge is 0.242 e. The molecule has 0 unspecified atom stereocenters. The van der Waals surface area contributed by atoms with Gasteiger partial charge in [0.05, 0.1) is 11.9 Å². The molecule has 0 saturated heterocycles. The molecule has 0 aliphatic carbocycles. The summed E-state index contributed by atoms with van der Waals surface area (Å²) < 4.78 is 26.4. The number of anilines is 1. The van der Waals surface area contributed by atoms with E-state index in [-0.39, 0.29) is 31.3 Å². The number of carbonyl (C=O) groups is 2. The van der Waals surface area contributed by atoms with Crippen LogP contribution >= 0.6 is 11.6 Å². The topological polar surface area (TPSA) is 86.8 Å². The van der Waals surface area contributed by atoms with Crippen molar-refractivity contribution in [3.8, 4) is 0 Å². The molecule has 0 saturated carbocycles. The van der Waals surface area contributed by atoms with E-state index in [1.54, 1.807) is 17.0 Å². The minimum Gasteiger partial charge on any atom is -0.354 e. The second kappa shape index (κ2) is 14.4. The van der Waals surface area contributed by atoms with E-state index in [2.05, 4.69) is 12.2 Å². The highest BCUT2D eigenvalue weighted by atomic mass is 35.5. The third kappa shape index (κ3) is 9.04. The van der Waals surface area contributed by atoms with E-state index in [0.29, 0.717) is 30.1 Å². The van der Waals surface area contributed by atoms with Crippen LogP contribution in [0.1, 0.15) is 62.6 Å². The van der Waals surface area contributed by atoms with Crippen LogP contribution in [0.25, 0.3) is 0 Å². The van der Waals surface area contributed by atoms with Crippen LogP contribution in [0.5, 0.6) is 0 Å². The molecule has 0 fully saturated rings. The second-order valence-electron chi connectivity index (χ2n) is 9.39. The zero-order valence-corrected chi connectivity index (χ0v) is 24.2. The monoisotopic (exact) mass is 549 g/mol. The molecule has 0 heterocycles. The number of unbranched alkanes of at least 4 members (excludes halogenated alkanes) is 1. The van der Waals surface area contributed by atoms with Crippen molar-refractivity contribution in [1.82, 2.24) is 10.2 Å². The number of nitrogens with zero attached hydrogens (tertiary/aromatic N) is 2. The molecule has 1 atom stereocenters. The molecule has 0 spiro atoms. The Kier molecular flexibility index (Phi) is 11.9. The average Bonchev–Trinajstić information content (AvgIpc) is 2.84. The summed E-state index contributed by atoms with van der Waals surface area (Å²) in [6.07, 6.45) is 3.84. The summed E-state index contributed by atoms with van der Waals surface area (Å²) in [7, 11) is -3.54. The summed E-state index contributed by atoms with van der Waals surface area (Å²) in [5.41, 5.74) is 3.40. The summed E-state index contributed by atoms with van der Waals surface area (Å²) in [6, 6.07) is 12.1. The molecular formula is C28H40ClN3O4S. The van der Waals surface area contributed by atoms with Crippen LogP contribution in [0.3, 0.4) is 0 Å². The average molecular weight is 550 g/mol. The third-order valence-corrected chi connectivity index (χ3v) is 8.01. The number of nitrogens with one attached hydrogen (secondary N) is 1. The molecule has 0 aliphatic rings. The minimum atomic E-state index is -3.54. The number of hydrogen-bond acceptors (Lipinski definition) is 4. The standard InChI is InChI=1S/C28H40ClN3O4S/c1-6-8-17-30-28(34)26(7-2)31(20-23-12-9-10-13-25(23)29)27(33)14-11-18-32(37(5,35)36)24-16-15-21(3)22(4)19-24/h9-10,12-13,15-16,19,26H,6-8,11,14,17-18,20H2,1-5H3,(H,30,34)/t26-/m1/s1. The maximum absolute atomic E-state index is 13.5. The lowest BCUT2D eigenvalue weighted by molar-refractivity contribution is -0.141. The highest BCUT2D eigenvalue weighted by Gasteiger charge is 2.29. The van der Waals surface area contributed by atoms with Crippen molar-refractivity contribution in [1.29, 1.82) is 0 Å². The zero-order chi connectivity index (χ0) is 27.6. The Hall–Kier alpha value is -2.58. The van der Waals surface area contributed by atoms with Crippen molar-refractivity contribution in [2.24, 2.45) is 0 Å². The molecule has 0 aromatic heterocycles. The van der Waals surface area contributed by atoms with Gasteiger partial charge in [0.15, 0.2) is 0 Å². The van der Waals surface area contributed by atoms with Crippen LogP contribution in [0, 0.1) is 13.8 Å². The highest BCUT2D eigenvalue weighted by molar-refractivity contribution is 7.92. The SMILES string of the molecule is CCCCNC(=O)[C@@H](CC)N(Cc1ccccc1Cl)C(=O)CCCN(c1ccc(C)c(C)c1)S(C)(=O)=O. The summed E-state index contributed by atoms with van der Waals surface area (Å²) >= 11 is 6.38. The van der Waals surface area contributed by atoms with E-state index in [1.807, 2.05) is 51.1 Å². The van der Waals surface area contributed by atoms with Gasteiger partial charge in [0.2, 0.25) is 21.8 Å². The van der Waals surface area contributed by atoms with Gasteiger partial charge in [0.1, 0.15) is 6.04 Å². The van der Waals surface area contributed by atoms with Crippen LogP contribution in [-0.4, -0.2) is 50.5 Å². The Morgan fingerprint density at radius 1 is 1.03 bits per heavy atom. The molecular weight excluding hydrogens is 510 g/mol. The Labute approximate surface area is 227 Å². The number of hydrogen-bond donors (Lipinski definition) is 1. The molecule has 0 bridgehead atoms. The maximum atomic E-state index is 13.5. The van der Waals surface area contributed by atoms with Crippen LogP contribution in [0.2, 0.25) is 5.02 Å². The van der Waals surface area contributed by atoms with Gasteiger partial charge in [-0.25, -0.2) is 8.42 Å². The first-order chi connectivity index (χ1) is 17.5. The number of rotatable bonds is 14. The van der Waals surface area contributed by atoms with Gasteiger partial charge in [-0.3, -0.25) is 13.9 Å². The van der Waals surface area contributed by atoms with Crippen molar-refractivity contribution >= 4 is 39.1 Å². The number of amides is 2. The Morgan fingerprint density at radius 2 is 1.73 bits per heavy atom. The molecule has 1 N–H and O–H groups in total. The van der Waals surface area contributed by atoms with E-state index in [9.17, 15) is 18.0 Å². The fraction of sp³-hybridized carbons (Fsp3) is 0.500. The van der Waals surface area contributed by atoms with E-state index in [0.717, 1.165) is 29.5 Å². The fourth-order valence-corrected chi connectivity index (χ4v) is 5.27. The highest BCUT2D eigenvalue weighted by Crippen LogP contribution is 2.23. The molecule has 204 valence electrons. The number of carbonyl (C=O) groups excluding carboxylic acids is 2. The molecule has 2 amide bonds. The summed E-state index contributed by atoms with van der Waals surface area (Å²) in [5.74, 6) is -0.407. The van der Waals surface area contributed by atoms with Crippen molar-refractivity contribution in [3.05, 3.63) is 64.2 Å². The largest absolute Gasteiger partial charge is 0.354 e. The molecule has 9 heteroatoms. The van der Waals surface area contributed by atoms with E-state index in [1.165, 1.54) is 10.6 Å². The molecule has 7 nitrogen and oxygen atoms in total. The van der Waals surface area contributed by atoms with Gasteiger partial charge in [-0.2, -0.15) is 0 Å². The lowest BCUT2D eigenvalue weighted by Gasteiger charge is -2.31. The van der Waals surface area contributed by atoms with Gasteiger partial charge in [0, 0.05) is 31.1 Å². The third-order valence-electron chi connectivity index (χ3n) is 6.44. The zero-order valence-electron chi connectivity index (χ0n) is 22.6. The number of benzene rings is 2. The second-order valence-corrected chi connectivity index (χ2v) is 11.7. The minimum absolute atomic E-state index is 0.0973. The number of sulfonamides is 1. The van der Waals surface area contributed by atoms with Crippen LogP contribution < -0.4 is 9.62 Å². The van der Waals surface area contributed by atoms with Crippen molar-refractivity contribution in [2.75, 3.05) is 23.7 Å². The van der Waals surface area contributed by atoms with E-state index >= 15 is 0 Å². The molecule has 2 aromatic rings. The predicted molar refractivity (Wildman–Crippen MR) is 151 cm³/mol. The van der Waals surface area contributed by atoms with Crippen LogP contribution in [0.15, 0.2) is 42.5 Å². The van der Waals surface area contributed by atoms with Crippen molar-refractivity contribution in [2.45, 2.75) is 72.4 Å². The first-order valence-electron chi connectivity index (χ1n) is 12.8. The molecule has 37 heavy (non-hydrogen) atoms. The van der Waals surface area contributed by atoms with E-state index in [4.69, 9.17) is 11.6 Å². The van der Waals surface area contributed by atoms with Crippen LogP contribution in [0.4, 0.5) is 5.69 Å². The Morgan fingerprint density at radius 3 is 2.32 bits per heavy atom. The van der Waals surface area contributed by atoms with E-state index < -0.39 is 16.1 Å². The number of halogens is 1. The lowest BCUT2D eigenvalue weighted by Crippen LogP contribution is -2.49.